The van der Waals surface area contributed by atoms with E-state index in [0.29, 0.717) is 6.54 Å². The molecule has 3 nitrogen and oxygen atoms in total. The Morgan fingerprint density at radius 1 is 1.20 bits per heavy atom. The molecule has 1 aromatic rings. The van der Waals surface area contributed by atoms with Crippen LogP contribution in [0.2, 0.25) is 0 Å². The van der Waals surface area contributed by atoms with Crippen LogP contribution in [0.5, 0.6) is 0 Å². The average molecular weight is 206 g/mol. The molecule has 0 aliphatic heterocycles. The number of carbonyl (C=O) groups is 1. The molecule has 0 heterocycles. The molecule has 0 aromatic heterocycles. The number of amides is 2. The minimum Gasteiger partial charge on any atom is -0.334 e. The first kappa shape index (κ1) is 11.6. The summed E-state index contributed by atoms with van der Waals surface area (Å²) in [6.07, 6.45) is 1.05. The van der Waals surface area contributed by atoms with Crippen molar-refractivity contribution in [2.45, 2.75) is 19.9 Å². The minimum atomic E-state index is -0.0606. The van der Waals surface area contributed by atoms with E-state index in [4.69, 9.17) is 0 Å². The van der Waals surface area contributed by atoms with Crippen LogP contribution in [-0.2, 0) is 13.0 Å². The second-order valence-electron chi connectivity index (χ2n) is 3.72. The van der Waals surface area contributed by atoms with E-state index in [2.05, 4.69) is 36.5 Å². The molecule has 0 saturated heterocycles. The van der Waals surface area contributed by atoms with Crippen molar-refractivity contribution in [3.63, 3.8) is 0 Å². The van der Waals surface area contributed by atoms with E-state index < -0.39 is 0 Å². The number of benzene rings is 1. The number of urea groups is 1. The fourth-order valence-corrected chi connectivity index (χ4v) is 1.23. The van der Waals surface area contributed by atoms with E-state index in [9.17, 15) is 4.79 Å². The molecular weight excluding hydrogens is 188 g/mol. The second-order valence-corrected chi connectivity index (χ2v) is 3.72. The Kier molecular flexibility index (Phi) is 4.16. The third-order valence-electron chi connectivity index (χ3n) is 2.28. The molecule has 82 valence electrons. The fourth-order valence-electron chi connectivity index (χ4n) is 1.23. The van der Waals surface area contributed by atoms with Crippen molar-refractivity contribution in [1.29, 1.82) is 0 Å². The van der Waals surface area contributed by atoms with Gasteiger partial charge in [-0.1, -0.05) is 31.2 Å². The average Bonchev–Trinajstić information content (AvgIpc) is 2.26. The molecular formula is C12H18N2O. The van der Waals surface area contributed by atoms with Gasteiger partial charge in [-0.2, -0.15) is 0 Å². The first-order valence-electron chi connectivity index (χ1n) is 5.16. The Labute approximate surface area is 91.1 Å². The zero-order valence-corrected chi connectivity index (χ0v) is 9.58. The SMILES string of the molecule is CCc1ccc(CNC(=O)N(C)C)cc1. The van der Waals surface area contributed by atoms with E-state index in [-0.39, 0.29) is 6.03 Å². The van der Waals surface area contributed by atoms with Crippen molar-refractivity contribution in [1.82, 2.24) is 10.2 Å². The highest BCUT2D eigenvalue weighted by Crippen LogP contribution is 2.04. The smallest absolute Gasteiger partial charge is 0.317 e. The molecule has 0 aliphatic carbocycles. The molecule has 0 radical (unpaired) electrons. The monoisotopic (exact) mass is 206 g/mol. The van der Waals surface area contributed by atoms with Crippen molar-refractivity contribution in [3.8, 4) is 0 Å². The molecule has 0 fully saturated rings. The van der Waals surface area contributed by atoms with Gasteiger partial charge in [0.15, 0.2) is 0 Å². The highest BCUT2D eigenvalue weighted by atomic mass is 16.2. The molecule has 1 rings (SSSR count). The maximum absolute atomic E-state index is 11.3. The zero-order chi connectivity index (χ0) is 11.3. The van der Waals surface area contributed by atoms with Gasteiger partial charge in [-0.3, -0.25) is 0 Å². The Bertz CT molecular complexity index is 317. The summed E-state index contributed by atoms with van der Waals surface area (Å²) < 4.78 is 0. The first-order chi connectivity index (χ1) is 7.13. The van der Waals surface area contributed by atoms with Crippen LogP contribution in [0, 0.1) is 0 Å². The lowest BCUT2D eigenvalue weighted by Gasteiger charge is -2.11. The summed E-state index contributed by atoms with van der Waals surface area (Å²) in [6, 6.07) is 8.23. The van der Waals surface area contributed by atoms with Gasteiger partial charge in [-0.25, -0.2) is 4.79 Å². The van der Waals surface area contributed by atoms with E-state index in [1.165, 1.54) is 10.5 Å². The molecule has 15 heavy (non-hydrogen) atoms. The Morgan fingerprint density at radius 2 is 1.73 bits per heavy atom. The van der Waals surface area contributed by atoms with Crippen molar-refractivity contribution in [2.75, 3.05) is 14.1 Å². The summed E-state index contributed by atoms with van der Waals surface area (Å²) in [5, 5.41) is 2.82. The number of hydrogen-bond donors (Lipinski definition) is 1. The van der Waals surface area contributed by atoms with E-state index in [0.717, 1.165) is 12.0 Å². The highest BCUT2D eigenvalue weighted by molar-refractivity contribution is 5.73. The fraction of sp³-hybridized carbons (Fsp3) is 0.417. The van der Waals surface area contributed by atoms with Gasteiger partial charge in [0.1, 0.15) is 0 Å². The van der Waals surface area contributed by atoms with Crippen LogP contribution >= 0.6 is 0 Å². The third-order valence-corrected chi connectivity index (χ3v) is 2.28. The first-order valence-corrected chi connectivity index (χ1v) is 5.16. The standard InChI is InChI=1S/C12H18N2O/c1-4-10-5-7-11(8-6-10)9-13-12(15)14(2)3/h5-8H,4,9H2,1-3H3,(H,13,15). The molecule has 1 N–H and O–H groups in total. The second kappa shape index (κ2) is 5.39. The lowest BCUT2D eigenvalue weighted by molar-refractivity contribution is 0.217. The minimum absolute atomic E-state index is 0.0606. The molecule has 0 atom stereocenters. The van der Waals surface area contributed by atoms with Crippen molar-refractivity contribution >= 4 is 6.03 Å². The predicted molar refractivity (Wildman–Crippen MR) is 61.7 cm³/mol. The molecule has 0 bridgehead atoms. The topological polar surface area (TPSA) is 32.3 Å². The number of nitrogens with one attached hydrogen (secondary N) is 1. The van der Waals surface area contributed by atoms with Gasteiger partial charge in [0.2, 0.25) is 0 Å². The molecule has 3 heteroatoms. The van der Waals surface area contributed by atoms with E-state index in [1.54, 1.807) is 14.1 Å². The molecule has 0 unspecified atom stereocenters. The van der Waals surface area contributed by atoms with Crippen LogP contribution in [0.15, 0.2) is 24.3 Å². The number of rotatable bonds is 3. The maximum atomic E-state index is 11.3. The summed E-state index contributed by atoms with van der Waals surface area (Å²) in [5.74, 6) is 0. The van der Waals surface area contributed by atoms with Crippen LogP contribution in [0.1, 0.15) is 18.1 Å². The Hall–Kier alpha value is -1.51. The molecule has 0 spiro atoms. The van der Waals surface area contributed by atoms with Crippen LogP contribution in [0.3, 0.4) is 0 Å². The summed E-state index contributed by atoms with van der Waals surface area (Å²) in [5.41, 5.74) is 2.44. The van der Waals surface area contributed by atoms with E-state index in [1.807, 2.05) is 0 Å². The number of nitrogens with zero attached hydrogens (tertiary/aromatic N) is 1. The normalized spacial score (nSPS) is 9.80. The molecule has 0 saturated carbocycles. The van der Waals surface area contributed by atoms with Gasteiger partial charge < -0.3 is 10.2 Å². The van der Waals surface area contributed by atoms with Gasteiger partial charge >= 0.3 is 6.03 Å². The molecule has 1 aromatic carbocycles. The van der Waals surface area contributed by atoms with Crippen LogP contribution in [0.4, 0.5) is 4.79 Å². The maximum Gasteiger partial charge on any atom is 0.317 e. The highest BCUT2D eigenvalue weighted by Gasteiger charge is 2.01. The van der Waals surface area contributed by atoms with Crippen molar-refractivity contribution < 1.29 is 4.79 Å². The van der Waals surface area contributed by atoms with Crippen LogP contribution < -0.4 is 5.32 Å². The van der Waals surface area contributed by atoms with E-state index >= 15 is 0 Å². The Morgan fingerprint density at radius 3 is 2.20 bits per heavy atom. The van der Waals surface area contributed by atoms with Gasteiger partial charge in [0.25, 0.3) is 0 Å². The predicted octanol–water partition coefficient (Wildman–Crippen LogP) is 2.02. The quantitative estimate of drug-likeness (QED) is 0.806. The van der Waals surface area contributed by atoms with Gasteiger partial charge in [-0.15, -0.1) is 0 Å². The summed E-state index contributed by atoms with van der Waals surface area (Å²) in [7, 11) is 3.46. The van der Waals surface area contributed by atoms with Crippen LogP contribution in [-0.4, -0.2) is 25.0 Å². The number of aryl methyl sites for hydroxylation is 1. The van der Waals surface area contributed by atoms with Gasteiger partial charge in [0, 0.05) is 20.6 Å². The third kappa shape index (κ3) is 3.62. The molecule has 2 amide bonds. The van der Waals surface area contributed by atoms with Crippen molar-refractivity contribution in [3.05, 3.63) is 35.4 Å². The van der Waals surface area contributed by atoms with Gasteiger partial charge in [-0.05, 0) is 17.5 Å². The summed E-state index contributed by atoms with van der Waals surface area (Å²) in [6.45, 7) is 2.71. The zero-order valence-electron chi connectivity index (χ0n) is 9.58. The lowest BCUT2D eigenvalue weighted by Crippen LogP contribution is -2.33. The lowest BCUT2D eigenvalue weighted by atomic mass is 10.1. The summed E-state index contributed by atoms with van der Waals surface area (Å²) in [4.78, 5) is 12.8. The number of carbonyl (C=O) groups excluding carboxylic acids is 1. The number of hydrogen-bond acceptors (Lipinski definition) is 1. The molecule has 0 aliphatic rings. The largest absolute Gasteiger partial charge is 0.334 e. The van der Waals surface area contributed by atoms with Gasteiger partial charge in [0.05, 0.1) is 0 Å². The Balaban J connectivity index is 2.47. The summed E-state index contributed by atoms with van der Waals surface area (Å²) >= 11 is 0. The van der Waals surface area contributed by atoms with Crippen LogP contribution in [0.25, 0.3) is 0 Å². The van der Waals surface area contributed by atoms with Crippen molar-refractivity contribution in [2.24, 2.45) is 0 Å².